The molecule has 0 unspecified atom stereocenters. The van der Waals surface area contributed by atoms with Gasteiger partial charge in [0.2, 0.25) is 11.8 Å². The predicted molar refractivity (Wildman–Crippen MR) is 92.8 cm³/mol. The van der Waals surface area contributed by atoms with Crippen LogP contribution in [0.3, 0.4) is 0 Å². The first-order valence-electron chi connectivity index (χ1n) is 8.02. The van der Waals surface area contributed by atoms with E-state index in [0.717, 1.165) is 18.4 Å². The molecule has 0 atom stereocenters. The highest BCUT2D eigenvalue weighted by molar-refractivity contribution is 5.88. The average molecular weight is 312 g/mol. The van der Waals surface area contributed by atoms with Crippen LogP contribution < -0.4 is 5.32 Å². The Morgan fingerprint density at radius 2 is 1.78 bits per heavy atom. The minimum Gasteiger partial charge on any atom is -0.353 e. The number of aryl methyl sites for hydroxylation is 1. The molecule has 23 heavy (non-hydrogen) atoms. The Bertz CT molecular complexity index is 594. The van der Waals surface area contributed by atoms with Gasteiger partial charge in [-0.25, -0.2) is 0 Å². The Morgan fingerprint density at radius 1 is 1.13 bits per heavy atom. The third-order valence-corrected chi connectivity index (χ3v) is 3.93. The van der Waals surface area contributed by atoms with E-state index in [1.54, 1.807) is 12.2 Å². The van der Waals surface area contributed by atoms with Crippen LogP contribution in [0.15, 0.2) is 42.5 Å². The number of allylic oxidation sites excluding steroid dienone is 2. The normalized spacial score (nSPS) is 16.2. The predicted octanol–water partition coefficient (Wildman–Crippen LogP) is 2.69. The molecular formula is C19H24N2O2. The van der Waals surface area contributed by atoms with E-state index in [1.807, 2.05) is 29.2 Å². The van der Waals surface area contributed by atoms with Crippen LogP contribution in [0.5, 0.6) is 0 Å². The SMILES string of the molecule is CC(=O)NC1CCN(C(=O)/C=C/C=C/c2ccc(C)cc2)CC1. The Balaban J connectivity index is 1.78. The average Bonchev–Trinajstić information content (AvgIpc) is 2.53. The van der Waals surface area contributed by atoms with Gasteiger partial charge in [0.1, 0.15) is 0 Å². The van der Waals surface area contributed by atoms with Gasteiger partial charge in [0.15, 0.2) is 0 Å². The summed E-state index contributed by atoms with van der Waals surface area (Å²) in [5, 5.41) is 2.91. The fraction of sp³-hybridized carbons (Fsp3) is 0.368. The monoisotopic (exact) mass is 312 g/mol. The number of carbonyl (C=O) groups excluding carboxylic acids is 2. The molecule has 0 bridgehead atoms. The van der Waals surface area contributed by atoms with Crippen molar-refractivity contribution in [2.45, 2.75) is 32.7 Å². The van der Waals surface area contributed by atoms with Crippen LogP contribution in [0, 0.1) is 6.92 Å². The molecule has 0 aliphatic carbocycles. The minimum atomic E-state index is -0.00378. The molecule has 0 spiro atoms. The zero-order chi connectivity index (χ0) is 16.7. The zero-order valence-corrected chi connectivity index (χ0v) is 13.8. The van der Waals surface area contributed by atoms with Crippen molar-refractivity contribution in [1.82, 2.24) is 10.2 Å². The van der Waals surface area contributed by atoms with Crippen molar-refractivity contribution in [3.05, 3.63) is 53.6 Å². The maximum atomic E-state index is 12.1. The van der Waals surface area contributed by atoms with Crippen molar-refractivity contribution in [2.24, 2.45) is 0 Å². The molecule has 4 heteroatoms. The molecular weight excluding hydrogens is 288 g/mol. The number of piperidine rings is 1. The lowest BCUT2D eigenvalue weighted by molar-refractivity contribution is -0.127. The Labute approximate surface area is 137 Å². The Morgan fingerprint density at radius 3 is 2.39 bits per heavy atom. The molecule has 1 fully saturated rings. The van der Waals surface area contributed by atoms with Gasteiger partial charge in [-0.05, 0) is 25.3 Å². The highest BCUT2D eigenvalue weighted by atomic mass is 16.2. The summed E-state index contributed by atoms with van der Waals surface area (Å²) in [5.41, 5.74) is 2.35. The fourth-order valence-corrected chi connectivity index (χ4v) is 2.62. The van der Waals surface area contributed by atoms with Gasteiger partial charge >= 0.3 is 0 Å². The molecule has 0 radical (unpaired) electrons. The maximum Gasteiger partial charge on any atom is 0.246 e. The number of rotatable bonds is 4. The van der Waals surface area contributed by atoms with E-state index in [9.17, 15) is 9.59 Å². The number of hydrogen-bond acceptors (Lipinski definition) is 2. The second kappa shape index (κ2) is 8.32. The summed E-state index contributed by atoms with van der Waals surface area (Å²) < 4.78 is 0. The topological polar surface area (TPSA) is 49.4 Å². The number of amides is 2. The molecule has 1 aromatic rings. The molecule has 1 aliphatic heterocycles. The van der Waals surface area contributed by atoms with Crippen molar-refractivity contribution in [3.8, 4) is 0 Å². The van der Waals surface area contributed by atoms with Crippen LogP contribution in [0.2, 0.25) is 0 Å². The molecule has 1 heterocycles. The number of nitrogens with zero attached hydrogens (tertiary/aromatic N) is 1. The second-order valence-corrected chi connectivity index (χ2v) is 5.93. The lowest BCUT2D eigenvalue weighted by Gasteiger charge is -2.31. The van der Waals surface area contributed by atoms with E-state index >= 15 is 0 Å². The number of nitrogens with one attached hydrogen (secondary N) is 1. The van der Waals surface area contributed by atoms with Gasteiger partial charge in [-0.3, -0.25) is 9.59 Å². The molecule has 2 amide bonds. The number of hydrogen-bond donors (Lipinski definition) is 1. The van der Waals surface area contributed by atoms with E-state index in [2.05, 4.69) is 24.4 Å². The van der Waals surface area contributed by atoms with Crippen LogP contribution >= 0.6 is 0 Å². The van der Waals surface area contributed by atoms with E-state index in [4.69, 9.17) is 0 Å². The van der Waals surface area contributed by atoms with Crippen molar-refractivity contribution < 1.29 is 9.59 Å². The smallest absolute Gasteiger partial charge is 0.246 e. The number of likely N-dealkylation sites (tertiary alicyclic amines) is 1. The van der Waals surface area contributed by atoms with E-state index in [-0.39, 0.29) is 17.9 Å². The van der Waals surface area contributed by atoms with E-state index in [1.165, 1.54) is 12.5 Å². The third kappa shape index (κ3) is 5.74. The molecule has 1 aromatic carbocycles. The van der Waals surface area contributed by atoms with Crippen LogP contribution in [-0.4, -0.2) is 35.8 Å². The Kier molecular flexibility index (Phi) is 6.15. The summed E-state index contributed by atoms with van der Waals surface area (Å²) in [7, 11) is 0. The molecule has 2 rings (SSSR count). The van der Waals surface area contributed by atoms with Crippen LogP contribution in [0.25, 0.3) is 6.08 Å². The van der Waals surface area contributed by atoms with Gasteiger partial charge in [0, 0.05) is 32.1 Å². The van der Waals surface area contributed by atoms with Crippen molar-refractivity contribution >= 4 is 17.9 Å². The summed E-state index contributed by atoms with van der Waals surface area (Å²) in [6, 6.07) is 8.42. The first-order valence-corrected chi connectivity index (χ1v) is 8.02. The maximum absolute atomic E-state index is 12.1. The second-order valence-electron chi connectivity index (χ2n) is 5.93. The highest BCUT2D eigenvalue weighted by Gasteiger charge is 2.21. The molecule has 0 aromatic heterocycles. The summed E-state index contributed by atoms with van der Waals surface area (Å²) >= 11 is 0. The summed E-state index contributed by atoms with van der Waals surface area (Å²) in [6.07, 6.45) is 8.88. The number of benzene rings is 1. The van der Waals surface area contributed by atoms with Crippen LogP contribution in [0.1, 0.15) is 30.9 Å². The Hall–Kier alpha value is -2.36. The van der Waals surface area contributed by atoms with Gasteiger partial charge in [-0.15, -0.1) is 0 Å². The van der Waals surface area contributed by atoms with E-state index in [0.29, 0.717) is 13.1 Å². The van der Waals surface area contributed by atoms with Gasteiger partial charge in [-0.2, -0.15) is 0 Å². The molecule has 1 saturated heterocycles. The van der Waals surface area contributed by atoms with Gasteiger partial charge in [-0.1, -0.05) is 48.1 Å². The molecule has 4 nitrogen and oxygen atoms in total. The van der Waals surface area contributed by atoms with Crippen LogP contribution in [0.4, 0.5) is 0 Å². The fourth-order valence-electron chi connectivity index (χ4n) is 2.62. The standard InChI is InChI=1S/C19H24N2O2/c1-15-7-9-17(10-8-15)5-3-4-6-19(23)21-13-11-18(12-14-21)20-16(2)22/h3-10,18H,11-14H2,1-2H3,(H,20,22)/b5-3+,6-4+. The van der Waals surface area contributed by atoms with E-state index < -0.39 is 0 Å². The largest absolute Gasteiger partial charge is 0.353 e. The quantitative estimate of drug-likeness (QED) is 0.686. The van der Waals surface area contributed by atoms with Crippen molar-refractivity contribution in [3.63, 3.8) is 0 Å². The summed E-state index contributed by atoms with van der Waals surface area (Å²) in [6.45, 7) is 4.97. The molecule has 0 saturated carbocycles. The van der Waals surface area contributed by atoms with Gasteiger partial charge in [0.25, 0.3) is 0 Å². The number of carbonyl (C=O) groups is 2. The molecule has 1 N–H and O–H groups in total. The summed E-state index contributed by atoms with van der Waals surface area (Å²) in [4.78, 5) is 25.0. The van der Waals surface area contributed by atoms with Crippen molar-refractivity contribution in [1.29, 1.82) is 0 Å². The lowest BCUT2D eigenvalue weighted by Crippen LogP contribution is -2.45. The van der Waals surface area contributed by atoms with Crippen molar-refractivity contribution in [2.75, 3.05) is 13.1 Å². The molecule has 122 valence electrons. The highest BCUT2D eigenvalue weighted by Crippen LogP contribution is 2.11. The van der Waals surface area contributed by atoms with Gasteiger partial charge in [0.05, 0.1) is 0 Å². The first kappa shape index (κ1) is 17.0. The minimum absolute atomic E-state index is 0.00378. The van der Waals surface area contributed by atoms with Crippen LogP contribution in [-0.2, 0) is 9.59 Å². The zero-order valence-electron chi connectivity index (χ0n) is 13.8. The lowest BCUT2D eigenvalue weighted by atomic mass is 10.0. The molecule has 1 aliphatic rings. The third-order valence-electron chi connectivity index (χ3n) is 3.93. The first-order chi connectivity index (χ1) is 11.0. The van der Waals surface area contributed by atoms with Gasteiger partial charge < -0.3 is 10.2 Å². The summed E-state index contributed by atoms with van der Waals surface area (Å²) in [5.74, 6) is 0.0238.